The monoisotopic (exact) mass is 226 g/mol. The van der Waals surface area contributed by atoms with Crippen molar-refractivity contribution in [2.45, 2.75) is 71.8 Å². The molecule has 1 rings (SSSR count). The molecule has 1 fully saturated rings. The Morgan fingerprint density at radius 1 is 1.44 bits per heavy atom. The lowest BCUT2D eigenvalue weighted by atomic mass is 9.67. The van der Waals surface area contributed by atoms with Gasteiger partial charge in [-0.3, -0.25) is 4.79 Å². The van der Waals surface area contributed by atoms with Gasteiger partial charge in [0.2, 0.25) is 0 Å². The molecule has 0 N–H and O–H groups in total. The van der Waals surface area contributed by atoms with Gasteiger partial charge < -0.3 is 4.74 Å². The Bertz CT molecular complexity index is 237. The number of esters is 1. The van der Waals surface area contributed by atoms with E-state index in [-0.39, 0.29) is 11.6 Å². The van der Waals surface area contributed by atoms with E-state index in [4.69, 9.17) is 4.74 Å². The quantitative estimate of drug-likeness (QED) is 0.679. The first-order valence-electron chi connectivity index (χ1n) is 6.75. The minimum atomic E-state index is -0.167. The second kappa shape index (κ2) is 5.70. The molecule has 0 aromatic heterocycles. The van der Waals surface area contributed by atoms with E-state index < -0.39 is 0 Å². The standard InChI is InChI=1S/C14H26O2/c1-5-11(3)13-9-7-8-10-14(13,6-2)16-12(4)15/h11,13H,5-10H2,1-4H3. The molecule has 3 unspecified atom stereocenters. The van der Waals surface area contributed by atoms with Gasteiger partial charge in [0.15, 0.2) is 0 Å². The van der Waals surface area contributed by atoms with E-state index in [1.54, 1.807) is 6.92 Å². The fourth-order valence-electron chi connectivity index (χ4n) is 3.25. The summed E-state index contributed by atoms with van der Waals surface area (Å²) in [5, 5.41) is 0. The van der Waals surface area contributed by atoms with Crippen LogP contribution >= 0.6 is 0 Å². The Kier molecular flexibility index (Phi) is 4.82. The van der Waals surface area contributed by atoms with Gasteiger partial charge in [-0.25, -0.2) is 0 Å². The molecule has 16 heavy (non-hydrogen) atoms. The maximum absolute atomic E-state index is 11.3. The van der Waals surface area contributed by atoms with Crippen molar-refractivity contribution >= 4 is 5.97 Å². The minimum absolute atomic E-state index is 0.114. The second-order valence-corrected chi connectivity index (χ2v) is 5.25. The van der Waals surface area contributed by atoms with Gasteiger partial charge in [0.1, 0.15) is 5.60 Å². The van der Waals surface area contributed by atoms with Gasteiger partial charge in [-0.15, -0.1) is 0 Å². The zero-order valence-electron chi connectivity index (χ0n) is 11.2. The van der Waals surface area contributed by atoms with Crippen LogP contribution in [-0.4, -0.2) is 11.6 Å². The van der Waals surface area contributed by atoms with Crippen molar-refractivity contribution in [2.75, 3.05) is 0 Å². The van der Waals surface area contributed by atoms with Crippen LogP contribution in [0, 0.1) is 11.8 Å². The minimum Gasteiger partial charge on any atom is -0.459 e. The fraction of sp³-hybridized carbons (Fsp3) is 0.929. The molecule has 0 bridgehead atoms. The van der Waals surface area contributed by atoms with Crippen LogP contribution in [0.1, 0.15) is 66.2 Å². The Morgan fingerprint density at radius 2 is 2.12 bits per heavy atom. The summed E-state index contributed by atoms with van der Waals surface area (Å²) in [6.07, 6.45) is 6.90. The molecular weight excluding hydrogens is 200 g/mol. The molecule has 0 aliphatic heterocycles. The van der Waals surface area contributed by atoms with Crippen LogP contribution in [0.4, 0.5) is 0 Å². The fourth-order valence-corrected chi connectivity index (χ4v) is 3.25. The van der Waals surface area contributed by atoms with Crippen molar-refractivity contribution in [2.24, 2.45) is 11.8 Å². The van der Waals surface area contributed by atoms with Crippen LogP contribution in [-0.2, 0) is 9.53 Å². The van der Waals surface area contributed by atoms with Crippen LogP contribution in [0.25, 0.3) is 0 Å². The highest BCUT2D eigenvalue weighted by molar-refractivity contribution is 5.66. The summed E-state index contributed by atoms with van der Waals surface area (Å²) in [5.74, 6) is 1.09. The summed E-state index contributed by atoms with van der Waals surface area (Å²) in [6, 6.07) is 0. The molecule has 1 aliphatic rings. The first-order chi connectivity index (χ1) is 7.55. The number of rotatable bonds is 4. The number of hydrogen-bond acceptors (Lipinski definition) is 2. The Labute approximate surface area is 99.8 Å². The van der Waals surface area contributed by atoms with Crippen LogP contribution < -0.4 is 0 Å². The SMILES string of the molecule is CCC(C)C1CCCCC1(CC)OC(C)=O. The summed E-state index contributed by atoms with van der Waals surface area (Å²) < 4.78 is 5.72. The molecular formula is C14H26O2. The lowest BCUT2D eigenvalue weighted by Crippen LogP contribution is -2.46. The molecule has 1 aliphatic carbocycles. The van der Waals surface area contributed by atoms with Gasteiger partial charge in [0.05, 0.1) is 0 Å². The first-order valence-corrected chi connectivity index (χ1v) is 6.75. The van der Waals surface area contributed by atoms with Gasteiger partial charge in [-0.1, -0.05) is 33.6 Å². The zero-order valence-corrected chi connectivity index (χ0v) is 11.2. The van der Waals surface area contributed by atoms with Crippen molar-refractivity contribution in [1.29, 1.82) is 0 Å². The lowest BCUT2D eigenvalue weighted by Gasteiger charge is -2.45. The van der Waals surface area contributed by atoms with Crippen LogP contribution in [0.2, 0.25) is 0 Å². The van der Waals surface area contributed by atoms with Crippen molar-refractivity contribution in [3.05, 3.63) is 0 Å². The van der Waals surface area contributed by atoms with E-state index >= 15 is 0 Å². The molecule has 2 nitrogen and oxygen atoms in total. The Balaban J connectivity index is 2.86. The van der Waals surface area contributed by atoms with E-state index in [1.165, 1.54) is 25.7 Å². The molecule has 0 spiro atoms. The van der Waals surface area contributed by atoms with Gasteiger partial charge in [0.25, 0.3) is 0 Å². The third kappa shape index (κ3) is 2.78. The second-order valence-electron chi connectivity index (χ2n) is 5.25. The molecule has 0 saturated heterocycles. The first kappa shape index (κ1) is 13.5. The maximum atomic E-state index is 11.3. The summed E-state index contributed by atoms with van der Waals surface area (Å²) in [4.78, 5) is 11.3. The maximum Gasteiger partial charge on any atom is 0.303 e. The average Bonchev–Trinajstić information content (AvgIpc) is 2.27. The van der Waals surface area contributed by atoms with Gasteiger partial charge in [-0.2, -0.15) is 0 Å². The smallest absolute Gasteiger partial charge is 0.303 e. The molecule has 0 aromatic carbocycles. The van der Waals surface area contributed by atoms with Crippen LogP contribution in [0.3, 0.4) is 0 Å². The van der Waals surface area contributed by atoms with E-state index in [1.807, 2.05) is 0 Å². The topological polar surface area (TPSA) is 26.3 Å². The lowest BCUT2D eigenvalue weighted by molar-refractivity contribution is -0.172. The van der Waals surface area contributed by atoms with Crippen molar-refractivity contribution < 1.29 is 9.53 Å². The van der Waals surface area contributed by atoms with Crippen LogP contribution in [0.15, 0.2) is 0 Å². The van der Waals surface area contributed by atoms with E-state index in [9.17, 15) is 4.79 Å². The average molecular weight is 226 g/mol. The highest BCUT2D eigenvalue weighted by Gasteiger charge is 2.44. The largest absolute Gasteiger partial charge is 0.459 e. The van der Waals surface area contributed by atoms with Crippen molar-refractivity contribution in [3.63, 3.8) is 0 Å². The number of ether oxygens (including phenoxy) is 1. The molecule has 94 valence electrons. The summed E-state index contributed by atoms with van der Waals surface area (Å²) in [5.41, 5.74) is -0.167. The van der Waals surface area contributed by atoms with E-state index in [2.05, 4.69) is 20.8 Å². The predicted octanol–water partition coefficient (Wildman–Crippen LogP) is 3.93. The zero-order chi connectivity index (χ0) is 12.2. The molecule has 0 amide bonds. The van der Waals surface area contributed by atoms with Gasteiger partial charge >= 0.3 is 5.97 Å². The molecule has 2 heteroatoms. The van der Waals surface area contributed by atoms with Gasteiger partial charge in [-0.05, 0) is 31.6 Å². The van der Waals surface area contributed by atoms with Crippen molar-refractivity contribution in [1.82, 2.24) is 0 Å². The van der Waals surface area contributed by atoms with Crippen LogP contribution in [0.5, 0.6) is 0 Å². The highest BCUT2D eigenvalue weighted by atomic mass is 16.6. The predicted molar refractivity (Wildman–Crippen MR) is 66.2 cm³/mol. The normalized spacial score (nSPS) is 32.1. The summed E-state index contributed by atoms with van der Waals surface area (Å²) in [7, 11) is 0. The number of carbonyl (C=O) groups excluding carboxylic acids is 1. The molecule has 0 aromatic rings. The Hall–Kier alpha value is -0.530. The third-order valence-corrected chi connectivity index (χ3v) is 4.32. The van der Waals surface area contributed by atoms with Crippen molar-refractivity contribution in [3.8, 4) is 0 Å². The molecule has 0 heterocycles. The molecule has 0 radical (unpaired) electrons. The number of hydrogen-bond donors (Lipinski definition) is 0. The van der Waals surface area contributed by atoms with Gasteiger partial charge in [0, 0.05) is 12.8 Å². The highest BCUT2D eigenvalue weighted by Crippen LogP contribution is 2.44. The van der Waals surface area contributed by atoms with E-state index in [0.717, 1.165) is 12.8 Å². The van der Waals surface area contributed by atoms with E-state index in [0.29, 0.717) is 11.8 Å². The Morgan fingerprint density at radius 3 is 2.62 bits per heavy atom. The molecule has 3 atom stereocenters. The third-order valence-electron chi connectivity index (χ3n) is 4.32. The summed E-state index contributed by atoms with van der Waals surface area (Å²) in [6.45, 7) is 8.22. The number of carbonyl (C=O) groups is 1. The molecule has 1 saturated carbocycles. The summed E-state index contributed by atoms with van der Waals surface area (Å²) >= 11 is 0.